The molecule has 1 saturated heterocycles. The van der Waals surface area contributed by atoms with Crippen LogP contribution in [0.5, 0.6) is 0 Å². The summed E-state index contributed by atoms with van der Waals surface area (Å²) in [7, 11) is -3.58. The Hall–Kier alpha value is -2.22. The van der Waals surface area contributed by atoms with Gasteiger partial charge < -0.3 is 11.1 Å². The van der Waals surface area contributed by atoms with E-state index < -0.39 is 15.6 Å². The molecule has 0 unspecified atom stereocenters. The van der Waals surface area contributed by atoms with Gasteiger partial charge in [0, 0.05) is 18.8 Å². The Balaban J connectivity index is 1.65. The zero-order chi connectivity index (χ0) is 21.1. The van der Waals surface area contributed by atoms with Crippen molar-refractivity contribution in [2.24, 2.45) is 5.73 Å². The van der Waals surface area contributed by atoms with E-state index in [0.29, 0.717) is 5.69 Å². The summed E-state index contributed by atoms with van der Waals surface area (Å²) in [5.41, 5.74) is 8.25. The van der Waals surface area contributed by atoms with Gasteiger partial charge in [0.05, 0.1) is 10.4 Å². The van der Waals surface area contributed by atoms with Gasteiger partial charge in [-0.05, 0) is 61.1 Å². The van der Waals surface area contributed by atoms with Crippen molar-refractivity contribution in [1.29, 1.82) is 0 Å². The van der Waals surface area contributed by atoms with E-state index in [1.165, 1.54) is 9.87 Å². The van der Waals surface area contributed by atoms with Gasteiger partial charge in [-0.3, -0.25) is 4.79 Å². The van der Waals surface area contributed by atoms with Gasteiger partial charge >= 0.3 is 0 Å². The van der Waals surface area contributed by atoms with Gasteiger partial charge in [-0.2, -0.15) is 4.31 Å². The normalized spacial score (nSPS) is 17.1. The molecule has 1 fully saturated rings. The van der Waals surface area contributed by atoms with Crippen LogP contribution in [-0.4, -0.2) is 37.3 Å². The van der Waals surface area contributed by atoms with Crippen LogP contribution in [0.1, 0.15) is 37.8 Å². The van der Waals surface area contributed by atoms with Gasteiger partial charge in [0.25, 0.3) is 0 Å². The van der Waals surface area contributed by atoms with Crippen LogP contribution in [0.2, 0.25) is 0 Å². The quantitative estimate of drug-likeness (QED) is 0.759. The lowest BCUT2D eigenvalue weighted by Crippen LogP contribution is -2.58. The van der Waals surface area contributed by atoms with E-state index in [4.69, 9.17) is 5.73 Å². The largest absolute Gasteiger partial charge is 0.324 e. The summed E-state index contributed by atoms with van der Waals surface area (Å²) in [5, 5.41) is 2.87. The lowest BCUT2D eigenvalue weighted by Gasteiger charge is -2.37. The summed E-state index contributed by atoms with van der Waals surface area (Å²) in [5.74, 6) is -0.272. The van der Waals surface area contributed by atoms with Gasteiger partial charge in [-0.1, -0.05) is 38.1 Å². The van der Waals surface area contributed by atoms with Crippen LogP contribution in [0.4, 0.5) is 5.69 Å². The Kier molecular flexibility index (Phi) is 6.41. The third-order valence-corrected chi connectivity index (χ3v) is 7.57. The molecule has 1 amide bonds. The number of hydrogen-bond donors (Lipinski definition) is 2. The number of benzene rings is 2. The lowest BCUT2D eigenvalue weighted by molar-refractivity contribution is -0.122. The topological polar surface area (TPSA) is 92.5 Å². The molecule has 1 aliphatic heterocycles. The highest BCUT2D eigenvalue weighted by molar-refractivity contribution is 7.89. The molecule has 0 saturated carbocycles. The van der Waals surface area contributed by atoms with Crippen molar-refractivity contribution in [1.82, 2.24) is 4.31 Å². The highest BCUT2D eigenvalue weighted by Gasteiger charge is 2.41. The number of nitrogens with zero attached hydrogens (tertiary/aromatic N) is 1. The van der Waals surface area contributed by atoms with Crippen LogP contribution in [0.25, 0.3) is 0 Å². The number of sulfonamides is 1. The summed E-state index contributed by atoms with van der Waals surface area (Å²) in [6.07, 6.45) is 2.34. The molecule has 3 rings (SSSR count). The van der Waals surface area contributed by atoms with E-state index in [1.807, 2.05) is 43.3 Å². The van der Waals surface area contributed by atoms with Crippen LogP contribution in [0.15, 0.2) is 53.4 Å². The number of hydrogen-bond acceptors (Lipinski definition) is 4. The summed E-state index contributed by atoms with van der Waals surface area (Å²) in [6, 6.07) is 14.6. The maximum Gasteiger partial charge on any atom is 0.244 e. The van der Waals surface area contributed by atoms with Crippen molar-refractivity contribution in [3.05, 3.63) is 59.7 Å². The number of nitrogens with two attached hydrogens (primary N) is 1. The first kappa shape index (κ1) is 21.5. The Morgan fingerprint density at radius 2 is 1.45 bits per heavy atom. The Morgan fingerprint density at radius 1 is 0.966 bits per heavy atom. The fourth-order valence-electron chi connectivity index (χ4n) is 3.48. The first-order valence-corrected chi connectivity index (χ1v) is 11.5. The molecule has 7 heteroatoms. The van der Waals surface area contributed by atoms with E-state index in [1.54, 1.807) is 12.1 Å². The molecular formula is C22H29N3O3S. The standard InChI is InChI=1S/C22H29N3O3S/c1-3-17-5-9-19(10-6-17)24-21(26)22(23)13-15-25(16-14-22)29(27,28)20-11-7-18(4-2)8-12-20/h5-12H,3-4,13-16,23H2,1-2H3,(H,24,26). The van der Waals surface area contributed by atoms with Gasteiger partial charge in [-0.25, -0.2) is 8.42 Å². The molecule has 1 aliphatic rings. The van der Waals surface area contributed by atoms with Gasteiger partial charge in [-0.15, -0.1) is 0 Å². The van der Waals surface area contributed by atoms with Crippen molar-refractivity contribution in [3.8, 4) is 0 Å². The van der Waals surface area contributed by atoms with Gasteiger partial charge in [0.2, 0.25) is 15.9 Å². The van der Waals surface area contributed by atoms with E-state index >= 15 is 0 Å². The molecular weight excluding hydrogens is 386 g/mol. The van der Waals surface area contributed by atoms with Gasteiger partial charge in [0.1, 0.15) is 0 Å². The molecule has 3 N–H and O–H groups in total. The molecule has 6 nitrogen and oxygen atoms in total. The summed E-state index contributed by atoms with van der Waals surface area (Å²) >= 11 is 0. The molecule has 1 heterocycles. The molecule has 0 radical (unpaired) electrons. The summed E-state index contributed by atoms with van der Waals surface area (Å²) in [6.45, 7) is 4.54. The Labute approximate surface area is 173 Å². The number of carbonyl (C=O) groups is 1. The van der Waals surface area contributed by atoms with Gasteiger partial charge in [0.15, 0.2) is 0 Å². The molecule has 156 valence electrons. The van der Waals surface area contributed by atoms with Crippen LogP contribution < -0.4 is 11.1 Å². The average molecular weight is 416 g/mol. The number of aryl methyl sites for hydroxylation is 2. The lowest BCUT2D eigenvalue weighted by atomic mass is 9.88. The molecule has 29 heavy (non-hydrogen) atoms. The fourth-order valence-corrected chi connectivity index (χ4v) is 4.92. The minimum absolute atomic E-state index is 0.219. The maximum absolute atomic E-state index is 12.9. The third-order valence-electron chi connectivity index (χ3n) is 5.66. The van der Waals surface area contributed by atoms with Crippen LogP contribution in [0, 0.1) is 0 Å². The SMILES string of the molecule is CCc1ccc(NC(=O)C2(N)CCN(S(=O)(=O)c3ccc(CC)cc3)CC2)cc1. The van der Waals surface area contributed by atoms with Crippen molar-refractivity contribution in [2.45, 2.75) is 50.0 Å². The summed E-state index contributed by atoms with van der Waals surface area (Å²) in [4.78, 5) is 13.0. The van der Waals surface area contributed by atoms with Crippen molar-refractivity contribution >= 4 is 21.6 Å². The van der Waals surface area contributed by atoms with Crippen molar-refractivity contribution in [2.75, 3.05) is 18.4 Å². The highest BCUT2D eigenvalue weighted by atomic mass is 32.2. The number of nitrogens with one attached hydrogen (secondary N) is 1. The second kappa shape index (κ2) is 8.65. The fraction of sp³-hybridized carbons (Fsp3) is 0.409. The molecule has 2 aromatic rings. The molecule has 0 spiro atoms. The smallest absolute Gasteiger partial charge is 0.244 e. The minimum Gasteiger partial charge on any atom is -0.324 e. The van der Waals surface area contributed by atoms with Crippen LogP contribution in [-0.2, 0) is 27.7 Å². The molecule has 0 aromatic heterocycles. The van der Waals surface area contributed by atoms with Crippen molar-refractivity contribution in [3.63, 3.8) is 0 Å². The van der Waals surface area contributed by atoms with Crippen LogP contribution in [0.3, 0.4) is 0 Å². The summed E-state index contributed by atoms with van der Waals surface area (Å²) < 4.78 is 27.2. The molecule has 2 aromatic carbocycles. The van der Waals surface area contributed by atoms with E-state index in [0.717, 1.165) is 18.4 Å². The third kappa shape index (κ3) is 4.69. The maximum atomic E-state index is 12.9. The minimum atomic E-state index is -3.58. The molecule has 0 bridgehead atoms. The van der Waals surface area contributed by atoms with Crippen LogP contribution >= 0.6 is 0 Å². The predicted molar refractivity (Wildman–Crippen MR) is 115 cm³/mol. The number of piperidine rings is 1. The second-order valence-electron chi connectivity index (χ2n) is 7.56. The molecule has 0 aliphatic carbocycles. The number of carbonyl (C=O) groups excluding carboxylic acids is 1. The monoisotopic (exact) mass is 415 g/mol. The van der Waals surface area contributed by atoms with E-state index in [2.05, 4.69) is 12.2 Å². The van der Waals surface area contributed by atoms with E-state index in [-0.39, 0.29) is 36.7 Å². The number of amides is 1. The predicted octanol–water partition coefficient (Wildman–Crippen LogP) is 2.93. The number of anilines is 1. The zero-order valence-electron chi connectivity index (χ0n) is 17.0. The molecule has 0 atom stereocenters. The Bertz CT molecular complexity index is 946. The zero-order valence-corrected chi connectivity index (χ0v) is 17.8. The second-order valence-corrected chi connectivity index (χ2v) is 9.50. The first-order chi connectivity index (χ1) is 13.8. The average Bonchev–Trinajstić information content (AvgIpc) is 2.74. The van der Waals surface area contributed by atoms with Crippen molar-refractivity contribution < 1.29 is 13.2 Å². The highest BCUT2D eigenvalue weighted by Crippen LogP contribution is 2.27. The Morgan fingerprint density at radius 3 is 1.93 bits per heavy atom. The first-order valence-electron chi connectivity index (χ1n) is 10.1. The van der Waals surface area contributed by atoms with E-state index in [9.17, 15) is 13.2 Å². The number of rotatable bonds is 6.